The van der Waals surface area contributed by atoms with E-state index in [0.29, 0.717) is 12.5 Å². The molecule has 0 aliphatic carbocycles. The molecule has 0 amide bonds. The lowest BCUT2D eigenvalue weighted by Gasteiger charge is -2.06. The molecule has 0 bridgehead atoms. The predicted molar refractivity (Wildman–Crippen MR) is 66.7 cm³/mol. The first-order valence-electron chi connectivity index (χ1n) is 5.43. The molecule has 2 rings (SSSR count). The molecule has 1 heterocycles. The molecule has 0 fully saturated rings. The van der Waals surface area contributed by atoms with Gasteiger partial charge in [-0.2, -0.15) is 4.98 Å². The van der Waals surface area contributed by atoms with Crippen LogP contribution in [0.3, 0.4) is 0 Å². The number of hydrogen-bond donors (Lipinski definition) is 1. The van der Waals surface area contributed by atoms with E-state index in [1.807, 2.05) is 44.2 Å². The van der Waals surface area contributed by atoms with Crippen LogP contribution < -0.4 is 10.5 Å². The number of aryl methyl sites for hydroxylation is 2. The van der Waals surface area contributed by atoms with Crippen molar-refractivity contribution < 1.29 is 4.74 Å². The van der Waals surface area contributed by atoms with Crippen molar-refractivity contribution >= 4 is 5.69 Å². The molecule has 0 spiro atoms. The number of nitrogens with zero attached hydrogens (tertiary/aromatic N) is 2. The summed E-state index contributed by atoms with van der Waals surface area (Å²) in [6.07, 6.45) is 0. The highest BCUT2D eigenvalue weighted by atomic mass is 16.5. The van der Waals surface area contributed by atoms with Crippen molar-refractivity contribution in [2.75, 3.05) is 5.73 Å². The van der Waals surface area contributed by atoms with Gasteiger partial charge in [-0.3, -0.25) is 0 Å². The average molecular weight is 229 g/mol. The van der Waals surface area contributed by atoms with Gasteiger partial charge in [-0.05, 0) is 31.5 Å². The Kier molecular flexibility index (Phi) is 3.23. The molecule has 0 aliphatic rings. The summed E-state index contributed by atoms with van der Waals surface area (Å²) in [6, 6.07) is 9.42. The first kappa shape index (κ1) is 11.4. The second-order valence-electron chi connectivity index (χ2n) is 3.93. The number of rotatable bonds is 3. The molecule has 0 atom stereocenters. The van der Waals surface area contributed by atoms with Gasteiger partial charge >= 0.3 is 0 Å². The number of anilines is 1. The molecule has 0 radical (unpaired) electrons. The number of nitrogen functional groups attached to an aromatic ring is 1. The van der Waals surface area contributed by atoms with Gasteiger partial charge in [-0.1, -0.05) is 12.1 Å². The average Bonchev–Trinajstić information content (AvgIpc) is 2.27. The first-order valence-corrected chi connectivity index (χ1v) is 5.43. The maximum absolute atomic E-state index is 5.61. The Morgan fingerprint density at radius 1 is 1.12 bits per heavy atom. The van der Waals surface area contributed by atoms with Crippen molar-refractivity contribution in [1.82, 2.24) is 9.97 Å². The van der Waals surface area contributed by atoms with Gasteiger partial charge in [-0.15, -0.1) is 0 Å². The third kappa shape index (κ3) is 3.17. The Morgan fingerprint density at radius 2 is 1.82 bits per heavy atom. The van der Waals surface area contributed by atoms with Crippen LogP contribution in [0.25, 0.3) is 0 Å². The van der Waals surface area contributed by atoms with Gasteiger partial charge in [0.15, 0.2) is 0 Å². The second kappa shape index (κ2) is 4.82. The van der Waals surface area contributed by atoms with Gasteiger partial charge in [0.1, 0.15) is 12.4 Å². The van der Waals surface area contributed by atoms with Crippen LogP contribution in [0.2, 0.25) is 0 Å². The largest absolute Gasteiger partial charge is 0.473 e. The van der Waals surface area contributed by atoms with Crippen molar-refractivity contribution in [1.29, 1.82) is 0 Å². The Balaban J connectivity index is 2.04. The Bertz CT molecular complexity index is 488. The topological polar surface area (TPSA) is 61.0 Å². The van der Waals surface area contributed by atoms with E-state index in [4.69, 9.17) is 10.5 Å². The van der Waals surface area contributed by atoms with Crippen LogP contribution in [0.4, 0.5) is 5.69 Å². The lowest BCUT2D eigenvalue weighted by atomic mass is 10.2. The molecular formula is C13H15N3O. The summed E-state index contributed by atoms with van der Waals surface area (Å²) >= 11 is 0. The molecule has 88 valence electrons. The van der Waals surface area contributed by atoms with Crippen molar-refractivity contribution in [2.45, 2.75) is 20.5 Å². The maximum atomic E-state index is 5.61. The zero-order valence-electron chi connectivity index (χ0n) is 9.97. The van der Waals surface area contributed by atoms with Crippen molar-refractivity contribution in [3.05, 3.63) is 47.4 Å². The van der Waals surface area contributed by atoms with Crippen LogP contribution in [-0.2, 0) is 6.61 Å². The third-order valence-electron chi connectivity index (χ3n) is 2.31. The molecule has 1 aromatic heterocycles. The smallest absolute Gasteiger partial charge is 0.217 e. The van der Waals surface area contributed by atoms with Crippen LogP contribution in [0.5, 0.6) is 5.88 Å². The van der Waals surface area contributed by atoms with E-state index < -0.39 is 0 Å². The molecule has 0 saturated heterocycles. The molecule has 4 nitrogen and oxygen atoms in total. The summed E-state index contributed by atoms with van der Waals surface area (Å²) in [5.74, 6) is 1.32. The summed E-state index contributed by atoms with van der Waals surface area (Å²) in [4.78, 5) is 8.40. The van der Waals surface area contributed by atoms with Crippen molar-refractivity contribution in [3.63, 3.8) is 0 Å². The fourth-order valence-electron chi connectivity index (χ4n) is 1.53. The van der Waals surface area contributed by atoms with Crippen LogP contribution >= 0.6 is 0 Å². The van der Waals surface area contributed by atoms with Crippen LogP contribution in [0.15, 0.2) is 30.3 Å². The SMILES string of the molecule is Cc1cc(OCc2ccc(N)cc2)nc(C)n1. The first-order chi connectivity index (χ1) is 8.13. The summed E-state index contributed by atoms with van der Waals surface area (Å²) in [7, 11) is 0. The zero-order chi connectivity index (χ0) is 12.3. The molecule has 4 heteroatoms. The fourth-order valence-corrected chi connectivity index (χ4v) is 1.53. The van der Waals surface area contributed by atoms with E-state index in [1.165, 1.54) is 0 Å². The van der Waals surface area contributed by atoms with Gasteiger partial charge in [0.05, 0.1) is 0 Å². The molecule has 0 unspecified atom stereocenters. The van der Waals surface area contributed by atoms with Gasteiger partial charge in [0.2, 0.25) is 5.88 Å². The number of ether oxygens (including phenoxy) is 1. The minimum atomic E-state index is 0.482. The summed E-state index contributed by atoms with van der Waals surface area (Å²) < 4.78 is 5.60. The predicted octanol–water partition coefficient (Wildman–Crippen LogP) is 2.25. The molecule has 2 aromatic rings. The standard InChI is InChI=1S/C13H15N3O/c1-9-7-13(16-10(2)15-9)17-8-11-3-5-12(14)6-4-11/h3-7H,8,14H2,1-2H3. The monoisotopic (exact) mass is 229 g/mol. The Labute approximate surface area is 100 Å². The Hall–Kier alpha value is -2.10. The third-order valence-corrected chi connectivity index (χ3v) is 2.31. The highest BCUT2D eigenvalue weighted by molar-refractivity contribution is 5.39. The number of benzene rings is 1. The van der Waals surface area contributed by atoms with Gasteiger partial charge in [0.25, 0.3) is 0 Å². The van der Waals surface area contributed by atoms with Crippen molar-refractivity contribution in [2.24, 2.45) is 0 Å². The fraction of sp³-hybridized carbons (Fsp3) is 0.231. The number of hydrogen-bond acceptors (Lipinski definition) is 4. The van der Waals surface area contributed by atoms with E-state index in [2.05, 4.69) is 9.97 Å². The Morgan fingerprint density at radius 3 is 2.47 bits per heavy atom. The molecule has 2 N–H and O–H groups in total. The van der Waals surface area contributed by atoms with Gasteiger partial charge in [-0.25, -0.2) is 4.98 Å². The maximum Gasteiger partial charge on any atom is 0.217 e. The van der Waals surface area contributed by atoms with E-state index in [-0.39, 0.29) is 0 Å². The lowest BCUT2D eigenvalue weighted by Crippen LogP contribution is -2.00. The second-order valence-corrected chi connectivity index (χ2v) is 3.93. The minimum Gasteiger partial charge on any atom is -0.473 e. The molecule has 0 aliphatic heterocycles. The summed E-state index contributed by atoms with van der Waals surface area (Å²) in [6.45, 7) is 4.25. The van der Waals surface area contributed by atoms with Crippen molar-refractivity contribution in [3.8, 4) is 5.88 Å². The van der Waals surface area contributed by atoms with E-state index in [1.54, 1.807) is 0 Å². The molecule has 0 saturated carbocycles. The van der Waals surface area contributed by atoms with Crippen LogP contribution in [0, 0.1) is 13.8 Å². The molecule has 1 aromatic carbocycles. The lowest BCUT2D eigenvalue weighted by molar-refractivity contribution is 0.292. The highest BCUT2D eigenvalue weighted by Gasteiger charge is 2.00. The normalized spacial score (nSPS) is 10.2. The summed E-state index contributed by atoms with van der Waals surface area (Å²) in [5, 5.41) is 0. The van der Waals surface area contributed by atoms with E-state index in [9.17, 15) is 0 Å². The highest BCUT2D eigenvalue weighted by Crippen LogP contribution is 2.12. The van der Waals surface area contributed by atoms with E-state index in [0.717, 1.165) is 22.8 Å². The quantitative estimate of drug-likeness (QED) is 0.820. The van der Waals surface area contributed by atoms with Gasteiger partial charge in [0, 0.05) is 17.4 Å². The van der Waals surface area contributed by atoms with Crippen LogP contribution in [-0.4, -0.2) is 9.97 Å². The zero-order valence-corrected chi connectivity index (χ0v) is 9.97. The molecular weight excluding hydrogens is 214 g/mol. The summed E-state index contributed by atoms with van der Waals surface area (Å²) in [5.41, 5.74) is 8.33. The van der Waals surface area contributed by atoms with Gasteiger partial charge < -0.3 is 10.5 Å². The molecule has 17 heavy (non-hydrogen) atoms. The number of aromatic nitrogens is 2. The minimum absolute atomic E-state index is 0.482. The van der Waals surface area contributed by atoms with E-state index >= 15 is 0 Å². The number of nitrogens with two attached hydrogens (primary N) is 1. The van der Waals surface area contributed by atoms with Crippen LogP contribution in [0.1, 0.15) is 17.1 Å².